The molecule has 1 aliphatic carbocycles. The van der Waals surface area contributed by atoms with Crippen LogP contribution in [0.4, 0.5) is 0 Å². The lowest BCUT2D eigenvalue weighted by atomic mass is 9.94. The summed E-state index contributed by atoms with van der Waals surface area (Å²) >= 11 is 5.72. The molecule has 0 aromatic carbocycles. The Morgan fingerprint density at radius 3 is 2.64 bits per heavy atom. The second-order valence-electron chi connectivity index (χ2n) is 3.98. The Morgan fingerprint density at radius 1 is 1.36 bits per heavy atom. The average Bonchev–Trinajstić information content (AvgIpc) is 2.71. The molecule has 0 spiro atoms. The van der Waals surface area contributed by atoms with Crippen molar-refractivity contribution in [2.75, 3.05) is 0 Å². The van der Waals surface area contributed by atoms with Crippen molar-refractivity contribution in [2.24, 2.45) is 11.7 Å². The Bertz CT molecular complexity index is 291. The molecule has 76 valence electrons. The maximum Gasteiger partial charge on any atom is 0.129 e. The predicted octanol–water partition coefficient (Wildman–Crippen LogP) is 2.93. The van der Waals surface area contributed by atoms with Crippen LogP contribution in [-0.4, -0.2) is 4.98 Å². The monoisotopic (exact) mass is 210 g/mol. The third kappa shape index (κ3) is 2.07. The molecule has 2 nitrogen and oxygen atoms in total. The van der Waals surface area contributed by atoms with Gasteiger partial charge in [-0.15, -0.1) is 0 Å². The molecule has 1 aromatic rings. The van der Waals surface area contributed by atoms with Crippen LogP contribution in [0.1, 0.15) is 37.3 Å². The topological polar surface area (TPSA) is 38.9 Å². The van der Waals surface area contributed by atoms with Crippen molar-refractivity contribution < 1.29 is 0 Å². The third-order valence-corrected chi connectivity index (χ3v) is 3.27. The summed E-state index contributed by atoms with van der Waals surface area (Å²) in [5.74, 6) is 0.637. The van der Waals surface area contributed by atoms with Crippen LogP contribution < -0.4 is 5.73 Å². The largest absolute Gasteiger partial charge is 0.324 e. The lowest BCUT2D eigenvalue weighted by Gasteiger charge is -2.18. The molecule has 14 heavy (non-hydrogen) atoms. The molecule has 0 radical (unpaired) electrons. The van der Waals surface area contributed by atoms with E-state index in [2.05, 4.69) is 4.98 Å². The summed E-state index contributed by atoms with van der Waals surface area (Å²) in [6.45, 7) is 0. The molecule has 2 N–H and O–H groups in total. The first-order chi connectivity index (χ1) is 6.77. The van der Waals surface area contributed by atoms with Crippen molar-refractivity contribution in [1.82, 2.24) is 4.98 Å². The molecule has 0 bridgehead atoms. The first-order valence-corrected chi connectivity index (χ1v) is 5.52. The van der Waals surface area contributed by atoms with E-state index in [0.717, 1.165) is 5.56 Å². The first-order valence-electron chi connectivity index (χ1n) is 5.14. The Kier molecular flexibility index (Phi) is 3.04. The van der Waals surface area contributed by atoms with Gasteiger partial charge in [-0.2, -0.15) is 0 Å². The van der Waals surface area contributed by atoms with Crippen LogP contribution in [0.3, 0.4) is 0 Å². The van der Waals surface area contributed by atoms with Crippen LogP contribution in [0, 0.1) is 5.92 Å². The molecule has 1 aliphatic rings. The summed E-state index contributed by atoms with van der Waals surface area (Å²) in [5.41, 5.74) is 7.28. The molecule has 0 saturated heterocycles. The van der Waals surface area contributed by atoms with E-state index >= 15 is 0 Å². The fraction of sp³-hybridized carbons (Fsp3) is 0.545. The van der Waals surface area contributed by atoms with Crippen molar-refractivity contribution in [3.8, 4) is 0 Å². The number of nitrogens with two attached hydrogens (primary N) is 1. The van der Waals surface area contributed by atoms with Gasteiger partial charge >= 0.3 is 0 Å². The predicted molar refractivity (Wildman–Crippen MR) is 58.1 cm³/mol. The van der Waals surface area contributed by atoms with Crippen LogP contribution in [0.2, 0.25) is 5.15 Å². The Morgan fingerprint density at radius 2 is 2.07 bits per heavy atom. The zero-order chi connectivity index (χ0) is 9.97. The average molecular weight is 211 g/mol. The maximum absolute atomic E-state index is 6.17. The van der Waals surface area contributed by atoms with Gasteiger partial charge < -0.3 is 5.73 Å². The minimum Gasteiger partial charge on any atom is -0.324 e. The van der Waals surface area contributed by atoms with Crippen LogP contribution in [0.15, 0.2) is 18.3 Å². The van der Waals surface area contributed by atoms with E-state index in [1.54, 1.807) is 6.20 Å². The standard InChI is InChI=1S/C11H15ClN2/c12-10-6-5-9(7-14-10)11(13)8-3-1-2-4-8/h5-8,11H,1-4,13H2/t11-/m1/s1. The summed E-state index contributed by atoms with van der Waals surface area (Å²) in [6.07, 6.45) is 6.94. The zero-order valence-electron chi connectivity index (χ0n) is 8.12. The van der Waals surface area contributed by atoms with E-state index in [-0.39, 0.29) is 6.04 Å². The quantitative estimate of drug-likeness (QED) is 0.763. The molecule has 1 fully saturated rings. The Labute approximate surface area is 89.5 Å². The van der Waals surface area contributed by atoms with Crippen molar-refractivity contribution >= 4 is 11.6 Å². The second-order valence-corrected chi connectivity index (χ2v) is 4.37. The summed E-state index contributed by atoms with van der Waals surface area (Å²) in [5, 5.41) is 0.535. The van der Waals surface area contributed by atoms with Crippen molar-refractivity contribution in [2.45, 2.75) is 31.7 Å². The second kappa shape index (κ2) is 4.28. The van der Waals surface area contributed by atoms with E-state index in [0.29, 0.717) is 11.1 Å². The molecule has 0 aliphatic heterocycles. The van der Waals surface area contributed by atoms with Crippen LogP contribution in [-0.2, 0) is 0 Å². The molecular formula is C11H15ClN2. The van der Waals surface area contributed by atoms with Gasteiger partial charge in [0, 0.05) is 12.2 Å². The third-order valence-electron chi connectivity index (χ3n) is 3.04. The summed E-state index contributed by atoms with van der Waals surface area (Å²) in [7, 11) is 0. The highest BCUT2D eigenvalue weighted by atomic mass is 35.5. The maximum atomic E-state index is 6.17. The van der Waals surface area contributed by atoms with Crippen LogP contribution in [0.5, 0.6) is 0 Å². The molecule has 2 rings (SSSR count). The van der Waals surface area contributed by atoms with Gasteiger partial charge in [-0.25, -0.2) is 4.98 Å². The fourth-order valence-corrected chi connectivity index (χ4v) is 2.28. The number of hydrogen-bond acceptors (Lipinski definition) is 2. The van der Waals surface area contributed by atoms with Gasteiger partial charge in [-0.05, 0) is 30.4 Å². The zero-order valence-corrected chi connectivity index (χ0v) is 8.87. The molecule has 1 saturated carbocycles. The van der Waals surface area contributed by atoms with E-state index < -0.39 is 0 Å². The SMILES string of the molecule is N[C@@H](c1ccc(Cl)nc1)C1CCCC1. The van der Waals surface area contributed by atoms with Crippen molar-refractivity contribution in [3.05, 3.63) is 29.0 Å². The van der Waals surface area contributed by atoms with Gasteiger partial charge in [0.05, 0.1) is 0 Å². The van der Waals surface area contributed by atoms with Crippen molar-refractivity contribution in [1.29, 1.82) is 0 Å². The molecule has 3 heteroatoms. The van der Waals surface area contributed by atoms with Gasteiger partial charge in [-0.3, -0.25) is 0 Å². The number of aromatic nitrogens is 1. The van der Waals surface area contributed by atoms with E-state index in [1.807, 2.05) is 12.1 Å². The van der Waals surface area contributed by atoms with Gasteiger partial charge in [0.2, 0.25) is 0 Å². The van der Waals surface area contributed by atoms with E-state index in [1.165, 1.54) is 25.7 Å². The fourth-order valence-electron chi connectivity index (χ4n) is 2.17. The Balaban J connectivity index is 2.09. The van der Waals surface area contributed by atoms with Crippen LogP contribution >= 0.6 is 11.6 Å². The molecule has 0 amide bonds. The summed E-state index contributed by atoms with van der Waals surface area (Å²) in [4.78, 5) is 4.06. The van der Waals surface area contributed by atoms with Gasteiger partial charge in [-0.1, -0.05) is 30.5 Å². The van der Waals surface area contributed by atoms with E-state index in [9.17, 15) is 0 Å². The number of hydrogen-bond donors (Lipinski definition) is 1. The number of halogens is 1. The number of nitrogens with zero attached hydrogens (tertiary/aromatic N) is 1. The normalized spacial score (nSPS) is 19.9. The molecular weight excluding hydrogens is 196 g/mol. The molecule has 1 heterocycles. The van der Waals surface area contributed by atoms with Gasteiger partial charge in [0.1, 0.15) is 5.15 Å². The summed E-state index contributed by atoms with van der Waals surface area (Å²) in [6, 6.07) is 3.94. The van der Waals surface area contributed by atoms with Crippen molar-refractivity contribution in [3.63, 3.8) is 0 Å². The Hall–Kier alpha value is -0.600. The minimum absolute atomic E-state index is 0.141. The summed E-state index contributed by atoms with van der Waals surface area (Å²) < 4.78 is 0. The highest BCUT2D eigenvalue weighted by molar-refractivity contribution is 6.29. The highest BCUT2D eigenvalue weighted by Crippen LogP contribution is 2.33. The molecule has 1 aromatic heterocycles. The minimum atomic E-state index is 0.141. The smallest absolute Gasteiger partial charge is 0.129 e. The number of pyridine rings is 1. The lowest BCUT2D eigenvalue weighted by molar-refractivity contribution is 0.444. The van der Waals surface area contributed by atoms with Gasteiger partial charge in [0.15, 0.2) is 0 Å². The molecule has 0 unspecified atom stereocenters. The number of rotatable bonds is 2. The molecule has 1 atom stereocenters. The van der Waals surface area contributed by atoms with Crippen LogP contribution in [0.25, 0.3) is 0 Å². The van der Waals surface area contributed by atoms with Gasteiger partial charge in [0.25, 0.3) is 0 Å². The lowest BCUT2D eigenvalue weighted by Crippen LogP contribution is -2.19. The first kappa shape index (κ1) is 9.94. The highest BCUT2D eigenvalue weighted by Gasteiger charge is 2.23. The van der Waals surface area contributed by atoms with E-state index in [4.69, 9.17) is 17.3 Å².